The first kappa shape index (κ1) is 11.7. The number of halogens is 1. The topological polar surface area (TPSA) is 35.2 Å². The van der Waals surface area contributed by atoms with E-state index < -0.39 is 8.32 Å². The Kier molecular flexibility index (Phi) is 3.75. The van der Waals surface area contributed by atoms with Crippen molar-refractivity contribution in [1.29, 1.82) is 0 Å². The zero-order valence-electron chi connectivity index (χ0n) is 8.80. The molecular formula is C10H16BrNOSi. The van der Waals surface area contributed by atoms with Gasteiger partial charge in [0.15, 0.2) is 0 Å². The van der Waals surface area contributed by atoms with Gasteiger partial charge in [0.05, 0.1) is 4.47 Å². The third-order valence-electron chi connectivity index (χ3n) is 1.65. The average molecular weight is 274 g/mol. The van der Waals surface area contributed by atoms with Crippen LogP contribution in [0.5, 0.6) is 5.75 Å². The number of nitrogens with two attached hydrogens (primary N) is 1. The van der Waals surface area contributed by atoms with Gasteiger partial charge in [0.1, 0.15) is 5.75 Å². The first-order valence-electron chi connectivity index (χ1n) is 4.60. The molecule has 0 aliphatic heterocycles. The van der Waals surface area contributed by atoms with Gasteiger partial charge in [-0.3, -0.25) is 0 Å². The van der Waals surface area contributed by atoms with Crippen LogP contribution in [0.2, 0.25) is 19.6 Å². The highest BCUT2D eigenvalue weighted by Gasteiger charge is 2.17. The van der Waals surface area contributed by atoms with Gasteiger partial charge < -0.3 is 10.2 Å². The Hall–Kier alpha value is -0.323. The van der Waals surface area contributed by atoms with Crippen molar-refractivity contribution in [2.24, 2.45) is 5.73 Å². The van der Waals surface area contributed by atoms with Crippen molar-refractivity contribution < 1.29 is 4.43 Å². The Labute approximate surface area is 94.7 Å². The smallest absolute Gasteiger partial charge is 0.242 e. The van der Waals surface area contributed by atoms with Crippen LogP contribution in [0, 0.1) is 0 Å². The fourth-order valence-corrected chi connectivity index (χ4v) is 2.58. The number of benzene rings is 1. The molecule has 4 heteroatoms. The average Bonchev–Trinajstić information content (AvgIpc) is 2.06. The van der Waals surface area contributed by atoms with E-state index in [0.717, 1.165) is 15.8 Å². The molecule has 2 nitrogen and oxygen atoms in total. The lowest BCUT2D eigenvalue weighted by molar-refractivity contribution is 0.554. The van der Waals surface area contributed by atoms with Gasteiger partial charge in [0.2, 0.25) is 8.32 Å². The molecule has 1 aromatic carbocycles. The molecule has 0 amide bonds. The van der Waals surface area contributed by atoms with E-state index in [1.165, 1.54) is 0 Å². The van der Waals surface area contributed by atoms with Crippen molar-refractivity contribution in [3.63, 3.8) is 0 Å². The normalized spacial score (nSPS) is 11.5. The minimum Gasteiger partial charge on any atom is -0.544 e. The van der Waals surface area contributed by atoms with E-state index in [-0.39, 0.29) is 0 Å². The summed E-state index contributed by atoms with van der Waals surface area (Å²) in [5, 5.41) is 0. The Morgan fingerprint density at radius 1 is 1.36 bits per heavy atom. The predicted octanol–water partition coefficient (Wildman–Crippen LogP) is 3.12. The highest BCUT2D eigenvalue weighted by Crippen LogP contribution is 2.28. The van der Waals surface area contributed by atoms with Crippen molar-refractivity contribution in [1.82, 2.24) is 0 Å². The molecule has 0 spiro atoms. The van der Waals surface area contributed by atoms with Crippen molar-refractivity contribution in [3.8, 4) is 5.75 Å². The first-order valence-corrected chi connectivity index (χ1v) is 8.80. The predicted molar refractivity (Wildman–Crippen MR) is 66.0 cm³/mol. The van der Waals surface area contributed by atoms with E-state index in [9.17, 15) is 0 Å². The second-order valence-electron chi connectivity index (χ2n) is 4.18. The van der Waals surface area contributed by atoms with E-state index >= 15 is 0 Å². The molecule has 0 bridgehead atoms. The lowest BCUT2D eigenvalue weighted by Crippen LogP contribution is -2.29. The third kappa shape index (κ3) is 3.44. The maximum Gasteiger partial charge on any atom is 0.242 e. The molecule has 0 fully saturated rings. The van der Waals surface area contributed by atoms with Crippen LogP contribution in [0.3, 0.4) is 0 Å². The molecule has 0 unspecified atom stereocenters. The molecule has 0 saturated heterocycles. The minimum atomic E-state index is -1.52. The number of rotatable bonds is 3. The van der Waals surface area contributed by atoms with Gasteiger partial charge in [0.25, 0.3) is 0 Å². The molecule has 78 valence electrons. The van der Waals surface area contributed by atoms with Gasteiger partial charge >= 0.3 is 0 Å². The molecule has 0 radical (unpaired) electrons. The SMILES string of the molecule is C[Si](C)(C)Oc1ccc(CN)cc1Br. The van der Waals surface area contributed by atoms with Gasteiger partial charge in [-0.05, 0) is 53.3 Å². The summed E-state index contributed by atoms with van der Waals surface area (Å²) in [5.74, 6) is 0.918. The summed E-state index contributed by atoms with van der Waals surface area (Å²) < 4.78 is 6.87. The van der Waals surface area contributed by atoms with Crippen molar-refractivity contribution >= 4 is 24.2 Å². The van der Waals surface area contributed by atoms with Gasteiger partial charge in [-0.15, -0.1) is 0 Å². The van der Waals surface area contributed by atoms with Crippen LogP contribution >= 0.6 is 15.9 Å². The zero-order chi connectivity index (χ0) is 10.8. The molecule has 0 aliphatic carbocycles. The van der Waals surface area contributed by atoms with E-state index in [1.807, 2.05) is 18.2 Å². The van der Waals surface area contributed by atoms with Crippen molar-refractivity contribution in [3.05, 3.63) is 28.2 Å². The number of hydrogen-bond donors (Lipinski definition) is 1. The maximum absolute atomic E-state index is 5.88. The second kappa shape index (κ2) is 4.46. The molecule has 0 saturated carbocycles. The Bertz CT molecular complexity index is 322. The molecule has 2 N–H and O–H groups in total. The summed E-state index contributed by atoms with van der Waals surface area (Å²) in [6.45, 7) is 7.05. The monoisotopic (exact) mass is 273 g/mol. The highest BCUT2D eigenvalue weighted by atomic mass is 79.9. The molecule has 0 aromatic heterocycles. The summed E-state index contributed by atoms with van der Waals surface area (Å²) in [6.07, 6.45) is 0. The van der Waals surface area contributed by atoms with Crippen LogP contribution in [0.25, 0.3) is 0 Å². The van der Waals surface area contributed by atoms with Gasteiger partial charge in [-0.25, -0.2) is 0 Å². The Morgan fingerprint density at radius 2 is 2.00 bits per heavy atom. The number of hydrogen-bond acceptors (Lipinski definition) is 2. The summed E-state index contributed by atoms with van der Waals surface area (Å²) in [5.41, 5.74) is 6.65. The van der Waals surface area contributed by atoms with Gasteiger partial charge in [0, 0.05) is 6.54 Å². The van der Waals surface area contributed by atoms with Crippen LogP contribution in [0.1, 0.15) is 5.56 Å². The molecule has 0 aliphatic rings. The Morgan fingerprint density at radius 3 is 2.43 bits per heavy atom. The van der Waals surface area contributed by atoms with Crippen LogP contribution < -0.4 is 10.2 Å². The fourth-order valence-electron chi connectivity index (χ4n) is 1.08. The summed E-state index contributed by atoms with van der Waals surface area (Å²) in [7, 11) is -1.52. The summed E-state index contributed by atoms with van der Waals surface area (Å²) in [4.78, 5) is 0. The zero-order valence-corrected chi connectivity index (χ0v) is 11.4. The largest absolute Gasteiger partial charge is 0.544 e. The van der Waals surface area contributed by atoms with Crippen molar-refractivity contribution in [2.75, 3.05) is 0 Å². The molecule has 0 atom stereocenters. The van der Waals surface area contributed by atoms with Crippen LogP contribution in [-0.4, -0.2) is 8.32 Å². The summed E-state index contributed by atoms with van der Waals surface area (Å²) >= 11 is 3.48. The molecule has 1 aromatic rings. The lowest BCUT2D eigenvalue weighted by atomic mass is 10.2. The summed E-state index contributed by atoms with van der Waals surface area (Å²) in [6, 6.07) is 5.99. The molecular weight excluding hydrogens is 258 g/mol. The maximum atomic E-state index is 5.88. The third-order valence-corrected chi connectivity index (χ3v) is 3.10. The van der Waals surface area contributed by atoms with E-state index in [2.05, 4.69) is 35.6 Å². The minimum absolute atomic E-state index is 0.561. The molecule has 14 heavy (non-hydrogen) atoms. The second-order valence-corrected chi connectivity index (χ2v) is 9.47. The quantitative estimate of drug-likeness (QED) is 0.859. The van der Waals surface area contributed by atoms with Gasteiger partial charge in [-0.2, -0.15) is 0 Å². The van der Waals surface area contributed by atoms with Crippen LogP contribution in [0.15, 0.2) is 22.7 Å². The highest BCUT2D eigenvalue weighted by molar-refractivity contribution is 9.10. The van der Waals surface area contributed by atoms with E-state index in [4.69, 9.17) is 10.2 Å². The van der Waals surface area contributed by atoms with Crippen LogP contribution in [-0.2, 0) is 6.54 Å². The first-order chi connectivity index (χ1) is 6.42. The molecule has 0 heterocycles. The Balaban J connectivity index is 2.89. The van der Waals surface area contributed by atoms with E-state index in [0.29, 0.717) is 6.54 Å². The standard InChI is InChI=1S/C10H16BrNOSi/c1-14(2,3)13-10-5-4-8(7-12)6-9(10)11/h4-6H,7,12H2,1-3H3. The van der Waals surface area contributed by atoms with Crippen molar-refractivity contribution in [2.45, 2.75) is 26.2 Å². The lowest BCUT2D eigenvalue weighted by Gasteiger charge is -2.20. The van der Waals surface area contributed by atoms with Crippen LogP contribution in [0.4, 0.5) is 0 Å². The molecule has 1 rings (SSSR count). The van der Waals surface area contributed by atoms with Gasteiger partial charge in [-0.1, -0.05) is 6.07 Å². The fraction of sp³-hybridized carbons (Fsp3) is 0.400. The van der Waals surface area contributed by atoms with E-state index in [1.54, 1.807) is 0 Å².